The van der Waals surface area contributed by atoms with Gasteiger partial charge in [0, 0.05) is 25.4 Å². The Morgan fingerprint density at radius 2 is 2.19 bits per heavy atom. The minimum atomic E-state index is 0.306. The minimum Gasteiger partial charge on any atom is -0.297 e. The average molecular weight is 234 g/mol. The molecule has 2 nitrogen and oxygen atoms in total. The van der Waals surface area contributed by atoms with E-state index in [1.54, 1.807) is 0 Å². The summed E-state index contributed by atoms with van der Waals surface area (Å²) in [5, 5.41) is 3.71. The van der Waals surface area contributed by atoms with Crippen LogP contribution in [0.1, 0.15) is 12.0 Å². The van der Waals surface area contributed by atoms with Crippen molar-refractivity contribution in [1.29, 1.82) is 0 Å². The van der Waals surface area contributed by atoms with Gasteiger partial charge in [0.1, 0.15) is 0 Å². The highest BCUT2D eigenvalue weighted by Gasteiger charge is 2.42. The molecular weight excluding hydrogens is 216 g/mol. The fraction of sp³-hybridized carbons (Fsp3) is 0.538. The molecule has 2 saturated heterocycles. The van der Waals surface area contributed by atoms with Crippen molar-refractivity contribution in [2.45, 2.75) is 18.6 Å². The predicted molar refractivity (Wildman–Crippen MR) is 69.5 cm³/mol. The molecule has 0 aliphatic carbocycles. The van der Waals surface area contributed by atoms with Gasteiger partial charge in [0.2, 0.25) is 0 Å². The summed E-state index contributed by atoms with van der Waals surface area (Å²) in [5.41, 5.74) is 1.74. The normalized spacial score (nSPS) is 30.2. The van der Waals surface area contributed by atoms with Crippen LogP contribution >= 0.6 is 11.8 Å². The maximum Gasteiger partial charge on any atom is 0.0817 e. The molecular formula is C13H18N2S. The van der Waals surface area contributed by atoms with Gasteiger partial charge in [0.05, 0.1) is 5.66 Å². The third-order valence-corrected chi connectivity index (χ3v) is 4.83. The van der Waals surface area contributed by atoms with Gasteiger partial charge in [0.25, 0.3) is 0 Å². The Morgan fingerprint density at radius 3 is 2.94 bits per heavy atom. The molecule has 1 aromatic rings. The molecule has 1 spiro atoms. The summed E-state index contributed by atoms with van der Waals surface area (Å²) in [6, 6.07) is 10.8. The van der Waals surface area contributed by atoms with Crippen molar-refractivity contribution < 1.29 is 0 Å². The average Bonchev–Trinajstić information content (AvgIpc) is 2.93. The second-order valence-corrected chi connectivity index (χ2v) is 5.77. The number of nitrogens with zero attached hydrogens (tertiary/aromatic N) is 1. The zero-order valence-electron chi connectivity index (χ0n) is 9.48. The number of hydrogen-bond acceptors (Lipinski definition) is 3. The molecule has 0 bridgehead atoms. The van der Waals surface area contributed by atoms with Crippen molar-refractivity contribution in [3.63, 3.8) is 0 Å². The van der Waals surface area contributed by atoms with Crippen LogP contribution in [0.15, 0.2) is 30.3 Å². The monoisotopic (exact) mass is 234 g/mol. The Kier molecular flexibility index (Phi) is 2.92. The molecule has 2 aliphatic heterocycles. The second-order valence-electron chi connectivity index (χ2n) is 4.67. The molecule has 0 saturated carbocycles. The van der Waals surface area contributed by atoms with E-state index in [2.05, 4.69) is 52.3 Å². The van der Waals surface area contributed by atoms with Crippen molar-refractivity contribution in [3.05, 3.63) is 35.9 Å². The molecule has 3 heteroatoms. The lowest BCUT2D eigenvalue weighted by molar-refractivity contribution is 0.137. The van der Waals surface area contributed by atoms with Crippen LogP contribution in [-0.4, -0.2) is 35.2 Å². The lowest BCUT2D eigenvalue weighted by atomic mass is 10.1. The van der Waals surface area contributed by atoms with Gasteiger partial charge in [-0.1, -0.05) is 30.3 Å². The van der Waals surface area contributed by atoms with Crippen LogP contribution < -0.4 is 5.32 Å². The Morgan fingerprint density at radius 1 is 1.31 bits per heavy atom. The van der Waals surface area contributed by atoms with Crippen molar-refractivity contribution in [2.24, 2.45) is 0 Å². The van der Waals surface area contributed by atoms with Crippen LogP contribution in [0.25, 0.3) is 0 Å². The zero-order chi connectivity index (χ0) is 10.8. The Bertz CT molecular complexity index is 341. The highest BCUT2D eigenvalue weighted by atomic mass is 32.2. The van der Waals surface area contributed by atoms with E-state index in [0.29, 0.717) is 5.66 Å². The van der Waals surface area contributed by atoms with Crippen LogP contribution in [0.2, 0.25) is 0 Å². The van der Waals surface area contributed by atoms with E-state index in [4.69, 9.17) is 0 Å². The standard InChI is InChI=1S/C13H18N2S/c1-2-4-12(5-3-1)10-15-8-7-14-13(15)6-9-16-11-13/h1-5,14H,6-11H2. The van der Waals surface area contributed by atoms with Crippen molar-refractivity contribution in [3.8, 4) is 0 Å². The van der Waals surface area contributed by atoms with Crippen molar-refractivity contribution in [2.75, 3.05) is 24.6 Å². The number of thioether (sulfide) groups is 1. The molecule has 1 atom stereocenters. The van der Waals surface area contributed by atoms with Gasteiger partial charge in [-0.15, -0.1) is 0 Å². The molecule has 86 valence electrons. The molecule has 0 aromatic heterocycles. The van der Waals surface area contributed by atoms with Gasteiger partial charge in [-0.3, -0.25) is 10.2 Å². The molecule has 1 N–H and O–H groups in total. The van der Waals surface area contributed by atoms with E-state index in [1.165, 1.54) is 30.0 Å². The number of nitrogens with one attached hydrogen (secondary N) is 1. The first-order valence-corrected chi connectivity index (χ1v) is 7.16. The fourth-order valence-corrected chi connectivity index (χ4v) is 4.12. The second kappa shape index (κ2) is 4.40. The molecule has 1 unspecified atom stereocenters. The van der Waals surface area contributed by atoms with Gasteiger partial charge in [-0.25, -0.2) is 0 Å². The third kappa shape index (κ3) is 1.88. The molecule has 2 heterocycles. The topological polar surface area (TPSA) is 15.3 Å². The van der Waals surface area contributed by atoms with E-state index < -0.39 is 0 Å². The molecule has 2 fully saturated rings. The molecule has 3 rings (SSSR count). The zero-order valence-corrected chi connectivity index (χ0v) is 10.3. The van der Waals surface area contributed by atoms with E-state index in [-0.39, 0.29) is 0 Å². The first-order chi connectivity index (χ1) is 7.89. The Balaban J connectivity index is 1.75. The summed E-state index contributed by atoms with van der Waals surface area (Å²) < 4.78 is 0. The highest BCUT2D eigenvalue weighted by molar-refractivity contribution is 7.99. The minimum absolute atomic E-state index is 0.306. The lowest BCUT2D eigenvalue weighted by Crippen LogP contribution is -2.51. The smallest absolute Gasteiger partial charge is 0.0817 e. The highest BCUT2D eigenvalue weighted by Crippen LogP contribution is 2.34. The predicted octanol–water partition coefficient (Wildman–Crippen LogP) is 1.93. The number of rotatable bonds is 2. The summed E-state index contributed by atoms with van der Waals surface area (Å²) in [6.45, 7) is 3.43. The maximum atomic E-state index is 3.71. The Hall–Kier alpha value is -0.510. The first-order valence-electron chi connectivity index (χ1n) is 6.01. The van der Waals surface area contributed by atoms with Crippen molar-refractivity contribution >= 4 is 11.8 Å². The van der Waals surface area contributed by atoms with E-state index in [1.807, 2.05) is 0 Å². The van der Waals surface area contributed by atoms with Crippen LogP contribution in [0, 0.1) is 0 Å². The van der Waals surface area contributed by atoms with Crippen LogP contribution in [-0.2, 0) is 6.54 Å². The number of hydrogen-bond donors (Lipinski definition) is 1. The van der Waals surface area contributed by atoms with Crippen LogP contribution in [0.5, 0.6) is 0 Å². The van der Waals surface area contributed by atoms with Gasteiger partial charge in [0.15, 0.2) is 0 Å². The maximum absolute atomic E-state index is 3.71. The first kappa shape index (κ1) is 10.6. The SMILES string of the molecule is c1ccc(CN2CCNC23CCSC3)cc1. The van der Waals surface area contributed by atoms with Crippen LogP contribution in [0.3, 0.4) is 0 Å². The largest absolute Gasteiger partial charge is 0.297 e. The summed E-state index contributed by atoms with van der Waals surface area (Å²) in [7, 11) is 0. The van der Waals surface area contributed by atoms with Gasteiger partial charge < -0.3 is 0 Å². The third-order valence-electron chi connectivity index (χ3n) is 3.66. The van der Waals surface area contributed by atoms with Gasteiger partial charge in [-0.2, -0.15) is 11.8 Å². The quantitative estimate of drug-likeness (QED) is 0.842. The molecule has 16 heavy (non-hydrogen) atoms. The summed E-state index contributed by atoms with van der Waals surface area (Å²) in [4.78, 5) is 2.63. The van der Waals surface area contributed by atoms with Gasteiger partial charge >= 0.3 is 0 Å². The molecule has 0 amide bonds. The van der Waals surface area contributed by atoms with E-state index in [0.717, 1.165) is 13.1 Å². The van der Waals surface area contributed by atoms with Crippen molar-refractivity contribution in [1.82, 2.24) is 10.2 Å². The van der Waals surface area contributed by atoms with E-state index in [9.17, 15) is 0 Å². The molecule has 0 radical (unpaired) electrons. The fourth-order valence-electron chi connectivity index (χ4n) is 2.73. The molecule has 1 aromatic carbocycles. The summed E-state index contributed by atoms with van der Waals surface area (Å²) in [5.74, 6) is 2.55. The lowest BCUT2D eigenvalue weighted by Gasteiger charge is -2.34. The van der Waals surface area contributed by atoms with Gasteiger partial charge in [-0.05, 0) is 17.7 Å². The number of benzene rings is 1. The summed E-state index contributed by atoms with van der Waals surface area (Å²) in [6.07, 6.45) is 1.30. The Labute approximate surface area is 101 Å². The van der Waals surface area contributed by atoms with E-state index >= 15 is 0 Å². The molecule has 2 aliphatic rings. The summed E-state index contributed by atoms with van der Waals surface area (Å²) >= 11 is 2.08. The van der Waals surface area contributed by atoms with Crippen LogP contribution in [0.4, 0.5) is 0 Å².